The van der Waals surface area contributed by atoms with E-state index in [2.05, 4.69) is 6.07 Å². The topological polar surface area (TPSA) is 126 Å². The molecule has 0 amide bonds. The van der Waals surface area contributed by atoms with E-state index in [1.54, 1.807) is 32.9 Å². The molecular weight excluding hydrogens is 532 g/mol. The van der Waals surface area contributed by atoms with Crippen molar-refractivity contribution in [3.05, 3.63) is 64.2 Å². The SMILES string of the molecule is CC(=O)C1C(=O)C(C(C)C)[C@@]2(C)[C@H](C)[C@]3(C)C(C(=O)c4c(O)cccc4[C@H]3Cc3ccc(C)c(C)c3)C(=O)[C@@]2(O)C1=O. The van der Waals surface area contributed by atoms with Gasteiger partial charge in [-0.3, -0.25) is 24.0 Å². The fourth-order valence-corrected chi connectivity index (χ4v) is 9.06. The smallest absolute Gasteiger partial charge is 0.190 e. The molecule has 3 aliphatic carbocycles. The van der Waals surface area contributed by atoms with Gasteiger partial charge in [0, 0.05) is 11.3 Å². The van der Waals surface area contributed by atoms with Crippen LogP contribution in [0.2, 0.25) is 0 Å². The first kappa shape index (κ1) is 30.0. The molecule has 7 heteroatoms. The summed E-state index contributed by atoms with van der Waals surface area (Å²) in [5.41, 5.74) is -1.68. The minimum absolute atomic E-state index is 0.0180. The molecule has 2 aromatic carbocycles. The van der Waals surface area contributed by atoms with E-state index in [0.29, 0.717) is 12.0 Å². The Morgan fingerprint density at radius 3 is 2.19 bits per heavy atom. The molecule has 0 saturated heterocycles. The maximum Gasteiger partial charge on any atom is 0.190 e. The highest BCUT2D eigenvalue weighted by Crippen LogP contribution is 2.69. The van der Waals surface area contributed by atoms with Crippen LogP contribution in [-0.4, -0.2) is 44.7 Å². The number of aromatic hydroxyl groups is 1. The monoisotopic (exact) mass is 572 g/mol. The Labute approximate surface area is 246 Å². The van der Waals surface area contributed by atoms with Crippen molar-refractivity contribution >= 4 is 28.9 Å². The van der Waals surface area contributed by atoms with Gasteiger partial charge in [-0.2, -0.15) is 0 Å². The van der Waals surface area contributed by atoms with E-state index in [-0.39, 0.29) is 11.3 Å². The van der Waals surface area contributed by atoms with Crippen LogP contribution in [0, 0.1) is 54.3 Å². The van der Waals surface area contributed by atoms with Crippen molar-refractivity contribution in [2.75, 3.05) is 0 Å². The van der Waals surface area contributed by atoms with Crippen molar-refractivity contribution < 1.29 is 34.2 Å². The normalized spacial score (nSPS) is 36.0. The Hall–Kier alpha value is -3.45. The lowest BCUT2D eigenvalue weighted by Gasteiger charge is -2.67. The molecule has 2 N–H and O–H groups in total. The summed E-state index contributed by atoms with van der Waals surface area (Å²) in [7, 11) is 0. The van der Waals surface area contributed by atoms with Gasteiger partial charge in [-0.25, -0.2) is 0 Å². The number of phenols is 1. The molecule has 222 valence electrons. The van der Waals surface area contributed by atoms with Crippen LogP contribution in [0.3, 0.4) is 0 Å². The van der Waals surface area contributed by atoms with E-state index in [0.717, 1.165) is 23.6 Å². The Morgan fingerprint density at radius 1 is 0.976 bits per heavy atom. The van der Waals surface area contributed by atoms with Gasteiger partial charge in [0.15, 0.2) is 28.7 Å². The highest BCUT2D eigenvalue weighted by atomic mass is 16.3. The summed E-state index contributed by atoms with van der Waals surface area (Å²) >= 11 is 0. The molecule has 2 fully saturated rings. The van der Waals surface area contributed by atoms with Gasteiger partial charge in [-0.05, 0) is 78.7 Å². The van der Waals surface area contributed by atoms with Gasteiger partial charge in [0.2, 0.25) is 0 Å². The standard InChI is InChI=1S/C35H40O7/c1-16(2)27-29(38)25(19(5)36)31(40)35(42)32(41)28-30(39)26-22(10-9-11-24(26)37)23(33(28,7)20(6)34(27,35)8)15-21-13-12-17(3)18(4)14-21/h9-14,16,20,23,25,27-28,37,42H,15H2,1-8H3/t20-,23-,25?,27?,28?,33+,34-,35+/m1/s1. The molecule has 2 aromatic rings. The number of ketones is 5. The van der Waals surface area contributed by atoms with E-state index in [1.807, 2.05) is 39.8 Å². The average Bonchev–Trinajstić information content (AvgIpc) is 2.90. The van der Waals surface area contributed by atoms with Gasteiger partial charge in [-0.15, -0.1) is 0 Å². The third-order valence-electron chi connectivity index (χ3n) is 11.5. The Balaban J connectivity index is 1.83. The highest BCUT2D eigenvalue weighted by Gasteiger charge is 2.79. The summed E-state index contributed by atoms with van der Waals surface area (Å²) in [4.78, 5) is 69.7. The zero-order valence-electron chi connectivity index (χ0n) is 25.6. The molecule has 42 heavy (non-hydrogen) atoms. The summed E-state index contributed by atoms with van der Waals surface area (Å²) in [6.45, 7) is 14.0. The highest BCUT2D eigenvalue weighted by molar-refractivity contribution is 6.32. The molecule has 7 nitrogen and oxygen atoms in total. The quantitative estimate of drug-likeness (QED) is 0.507. The zero-order valence-corrected chi connectivity index (χ0v) is 25.6. The Kier molecular flexibility index (Phi) is 6.81. The minimum Gasteiger partial charge on any atom is -0.507 e. The first-order valence-corrected chi connectivity index (χ1v) is 14.7. The van der Waals surface area contributed by atoms with Gasteiger partial charge in [-0.1, -0.05) is 65.0 Å². The molecule has 3 aliphatic rings. The number of rotatable bonds is 4. The first-order chi connectivity index (χ1) is 19.5. The maximum absolute atomic E-state index is 14.8. The van der Waals surface area contributed by atoms with Crippen LogP contribution in [0.4, 0.5) is 0 Å². The maximum atomic E-state index is 14.8. The number of phenolic OH excluding ortho intramolecular Hbond substituents is 1. The van der Waals surface area contributed by atoms with E-state index in [9.17, 15) is 34.2 Å². The molecule has 0 bridgehead atoms. The summed E-state index contributed by atoms with van der Waals surface area (Å²) in [5, 5.41) is 23.4. The second-order valence-corrected chi connectivity index (χ2v) is 13.7. The van der Waals surface area contributed by atoms with Crippen LogP contribution < -0.4 is 0 Å². The molecule has 8 atom stereocenters. The van der Waals surface area contributed by atoms with Crippen molar-refractivity contribution in [1.29, 1.82) is 0 Å². The number of hydrogen-bond donors (Lipinski definition) is 2. The van der Waals surface area contributed by atoms with Crippen LogP contribution >= 0.6 is 0 Å². The lowest BCUT2D eigenvalue weighted by Crippen LogP contribution is -2.80. The van der Waals surface area contributed by atoms with Gasteiger partial charge >= 0.3 is 0 Å². The molecule has 5 rings (SSSR count). The van der Waals surface area contributed by atoms with E-state index >= 15 is 0 Å². The molecule has 0 aliphatic heterocycles. The predicted octanol–water partition coefficient (Wildman–Crippen LogP) is 4.74. The minimum atomic E-state index is -2.74. The van der Waals surface area contributed by atoms with Gasteiger partial charge in [0.05, 0.1) is 11.5 Å². The van der Waals surface area contributed by atoms with Crippen molar-refractivity contribution in [3.63, 3.8) is 0 Å². The van der Waals surface area contributed by atoms with Crippen molar-refractivity contribution in [1.82, 2.24) is 0 Å². The summed E-state index contributed by atoms with van der Waals surface area (Å²) in [5.74, 6) is -10.2. The van der Waals surface area contributed by atoms with Crippen molar-refractivity contribution in [2.24, 2.45) is 40.4 Å². The van der Waals surface area contributed by atoms with Crippen LogP contribution in [0.25, 0.3) is 0 Å². The molecule has 0 heterocycles. The lowest BCUT2D eigenvalue weighted by molar-refractivity contribution is -0.222. The zero-order chi connectivity index (χ0) is 31.3. The second kappa shape index (κ2) is 9.53. The second-order valence-electron chi connectivity index (χ2n) is 13.7. The van der Waals surface area contributed by atoms with E-state index in [4.69, 9.17) is 0 Å². The van der Waals surface area contributed by atoms with Crippen molar-refractivity contribution in [2.45, 2.75) is 73.3 Å². The van der Waals surface area contributed by atoms with Crippen LogP contribution in [-0.2, 0) is 25.6 Å². The summed E-state index contributed by atoms with van der Waals surface area (Å²) in [6, 6.07) is 11.0. The lowest BCUT2D eigenvalue weighted by atomic mass is 9.34. The molecule has 0 radical (unpaired) electrons. The molecule has 2 saturated carbocycles. The van der Waals surface area contributed by atoms with Gasteiger partial charge in [0.25, 0.3) is 0 Å². The number of aryl methyl sites for hydroxylation is 2. The van der Waals surface area contributed by atoms with Crippen LogP contribution in [0.15, 0.2) is 36.4 Å². The number of carbonyl (C=O) groups excluding carboxylic acids is 5. The Bertz CT molecular complexity index is 1570. The fraction of sp³-hybridized carbons (Fsp3) is 0.514. The number of aliphatic hydroxyl groups is 1. The van der Waals surface area contributed by atoms with E-state index in [1.165, 1.54) is 6.07 Å². The predicted molar refractivity (Wildman–Crippen MR) is 156 cm³/mol. The molecule has 0 aromatic heterocycles. The first-order valence-electron chi connectivity index (χ1n) is 14.7. The fourth-order valence-electron chi connectivity index (χ4n) is 9.06. The van der Waals surface area contributed by atoms with Crippen molar-refractivity contribution in [3.8, 4) is 5.75 Å². The molecule has 0 spiro atoms. The molecular formula is C35H40O7. The number of carbonyl (C=O) groups is 5. The van der Waals surface area contributed by atoms with Gasteiger partial charge in [0.1, 0.15) is 17.5 Å². The average molecular weight is 573 g/mol. The third kappa shape index (κ3) is 3.52. The van der Waals surface area contributed by atoms with Crippen LogP contribution in [0.1, 0.15) is 80.1 Å². The number of hydrogen-bond acceptors (Lipinski definition) is 7. The van der Waals surface area contributed by atoms with Gasteiger partial charge < -0.3 is 10.2 Å². The van der Waals surface area contributed by atoms with E-state index < -0.39 is 80.9 Å². The number of Topliss-reactive ketones (excluding diaryl/α,β-unsaturated/α-hetero) is 5. The number of benzene rings is 2. The molecule has 3 unspecified atom stereocenters. The Morgan fingerprint density at radius 2 is 1.62 bits per heavy atom. The summed E-state index contributed by atoms with van der Waals surface area (Å²) in [6.07, 6.45) is 0.425. The largest absolute Gasteiger partial charge is 0.507 e. The summed E-state index contributed by atoms with van der Waals surface area (Å²) < 4.78 is 0. The number of fused-ring (bicyclic) bond motifs is 3. The van der Waals surface area contributed by atoms with Crippen LogP contribution in [0.5, 0.6) is 5.75 Å². The third-order valence-corrected chi connectivity index (χ3v) is 11.5.